The van der Waals surface area contributed by atoms with E-state index in [9.17, 15) is 4.79 Å². The lowest BCUT2D eigenvalue weighted by Crippen LogP contribution is -2.44. The number of pyridine rings is 1. The Morgan fingerprint density at radius 1 is 1.61 bits per heavy atom. The zero-order chi connectivity index (χ0) is 16.7. The second kappa shape index (κ2) is 8.93. The van der Waals surface area contributed by atoms with Crippen molar-refractivity contribution in [3.63, 3.8) is 0 Å². The molecule has 0 aliphatic carbocycles. The number of carbonyl (C=O) groups is 1. The number of aromatic nitrogens is 1. The summed E-state index contributed by atoms with van der Waals surface area (Å²) in [5, 5.41) is 3.32. The Bertz CT molecular complexity index is 515. The summed E-state index contributed by atoms with van der Waals surface area (Å²) in [6, 6.07) is 3.39. The molecule has 1 atom stereocenters. The van der Waals surface area contributed by atoms with E-state index in [-0.39, 0.29) is 6.03 Å². The van der Waals surface area contributed by atoms with Crippen LogP contribution in [0.25, 0.3) is 0 Å². The minimum absolute atomic E-state index is 0.0751. The first-order valence-electron chi connectivity index (χ1n) is 7.97. The number of urea groups is 1. The summed E-state index contributed by atoms with van der Waals surface area (Å²) in [7, 11) is 3.97. The fourth-order valence-electron chi connectivity index (χ4n) is 2.81. The molecule has 1 saturated heterocycles. The molecule has 0 radical (unpaired) electrons. The molecule has 2 amide bonds. The standard InChI is InChI=1S/C16H25ClN4O2/c1-20-9-4-5-13(11-20)12-21(2)16(22)19-8-10-23-15-14(17)6-3-7-18-15/h3,6-7,13H,4-5,8-12H2,1-2H3,(H,19,22). The Morgan fingerprint density at radius 2 is 2.43 bits per heavy atom. The number of hydrogen-bond donors (Lipinski definition) is 1. The fraction of sp³-hybridized carbons (Fsp3) is 0.625. The van der Waals surface area contributed by atoms with Gasteiger partial charge in [0.15, 0.2) is 0 Å². The van der Waals surface area contributed by atoms with Crippen LogP contribution >= 0.6 is 11.6 Å². The molecular formula is C16H25ClN4O2. The molecule has 0 saturated carbocycles. The minimum atomic E-state index is -0.0751. The summed E-state index contributed by atoms with van der Waals surface area (Å²) in [6.45, 7) is 3.74. The van der Waals surface area contributed by atoms with Crippen LogP contribution in [0, 0.1) is 5.92 Å². The minimum Gasteiger partial charge on any atom is -0.475 e. The van der Waals surface area contributed by atoms with Crippen molar-refractivity contribution >= 4 is 17.6 Å². The van der Waals surface area contributed by atoms with Crippen LogP contribution in [0.4, 0.5) is 4.79 Å². The molecule has 1 aliphatic rings. The van der Waals surface area contributed by atoms with Gasteiger partial charge in [-0.3, -0.25) is 0 Å². The quantitative estimate of drug-likeness (QED) is 0.806. The maximum Gasteiger partial charge on any atom is 0.317 e. The normalized spacial score (nSPS) is 18.5. The summed E-state index contributed by atoms with van der Waals surface area (Å²) in [6.07, 6.45) is 4.01. The molecule has 23 heavy (non-hydrogen) atoms. The smallest absolute Gasteiger partial charge is 0.317 e. The van der Waals surface area contributed by atoms with Crippen molar-refractivity contribution in [1.29, 1.82) is 0 Å². The SMILES string of the molecule is CN1CCCC(CN(C)C(=O)NCCOc2ncccc2Cl)C1. The van der Waals surface area contributed by atoms with Crippen LogP contribution in [0.3, 0.4) is 0 Å². The molecule has 1 N–H and O–H groups in total. The van der Waals surface area contributed by atoms with Gasteiger partial charge in [-0.25, -0.2) is 9.78 Å². The molecular weight excluding hydrogens is 316 g/mol. The Morgan fingerprint density at radius 3 is 3.17 bits per heavy atom. The van der Waals surface area contributed by atoms with E-state index in [1.54, 1.807) is 23.2 Å². The number of carbonyl (C=O) groups excluding carboxylic acids is 1. The lowest BCUT2D eigenvalue weighted by Gasteiger charge is -2.32. The number of ether oxygens (including phenoxy) is 1. The Balaban J connectivity index is 1.65. The Labute approximate surface area is 142 Å². The highest BCUT2D eigenvalue weighted by molar-refractivity contribution is 6.31. The molecule has 0 bridgehead atoms. The monoisotopic (exact) mass is 340 g/mol. The van der Waals surface area contributed by atoms with Crippen LogP contribution in [-0.2, 0) is 0 Å². The van der Waals surface area contributed by atoms with E-state index >= 15 is 0 Å². The molecule has 2 heterocycles. The Hall–Kier alpha value is -1.53. The van der Waals surface area contributed by atoms with Gasteiger partial charge in [-0.15, -0.1) is 0 Å². The largest absolute Gasteiger partial charge is 0.475 e. The van der Waals surface area contributed by atoms with Crippen molar-refractivity contribution in [2.75, 3.05) is 46.9 Å². The van der Waals surface area contributed by atoms with Crippen LogP contribution in [-0.4, -0.2) is 67.7 Å². The predicted molar refractivity (Wildman–Crippen MR) is 91.0 cm³/mol. The first-order chi connectivity index (χ1) is 11.1. The van der Waals surface area contributed by atoms with E-state index in [0.29, 0.717) is 30.0 Å². The van der Waals surface area contributed by atoms with E-state index in [2.05, 4.69) is 22.2 Å². The number of hydrogen-bond acceptors (Lipinski definition) is 4. The molecule has 0 spiro atoms. The first-order valence-corrected chi connectivity index (χ1v) is 8.35. The number of rotatable bonds is 6. The topological polar surface area (TPSA) is 57.7 Å². The lowest BCUT2D eigenvalue weighted by molar-refractivity contribution is 0.162. The highest BCUT2D eigenvalue weighted by atomic mass is 35.5. The van der Waals surface area contributed by atoms with Crippen molar-refractivity contribution in [1.82, 2.24) is 20.1 Å². The molecule has 1 fully saturated rings. The molecule has 2 rings (SSSR count). The summed E-state index contributed by atoms with van der Waals surface area (Å²) in [4.78, 5) is 20.2. The maximum atomic E-state index is 12.1. The summed E-state index contributed by atoms with van der Waals surface area (Å²) in [5.41, 5.74) is 0. The molecule has 1 unspecified atom stereocenters. The van der Waals surface area contributed by atoms with Crippen LogP contribution < -0.4 is 10.1 Å². The van der Waals surface area contributed by atoms with Gasteiger partial charge in [0.1, 0.15) is 11.6 Å². The molecule has 128 valence electrons. The zero-order valence-corrected chi connectivity index (χ0v) is 14.6. The van der Waals surface area contributed by atoms with Gasteiger partial charge < -0.3 is 19.9 Å². The number of nitrogens with zero attached hydrogens (tertiary/aromatic N) is 3. The predicted octanol–water partition coefficient (Wildman–Crippen LogP) is 2.10. The Kier molecular flexibility index (Phi) is 6.92. The highest BCUT2D eigenvalue weighted by Gasteiger charge is 2.20. The van der Waals surface area contributed by atoms with Gasteiger partial charge >= 0.3 is 6.03 Å². The van der Waals surface area contributed by atoms with E-state index < -0.39 is 0 Å². The maximum absolute atomic E-state index is 12.1. The van der Waals surface area contributed by atoms with Crippen LogP contribution in [0.5, 0.6) is 5.88 Å². The molecule has 7 heteroatoms. The van der Waals surface area contributed by atoms with Crippen molar-refractivity contribution in [2.24, 2.45) is 5.92 Å². The summed E-state index contributed by atoms with van der Waals surface area (Å²) >= 11 is 5.95. The van der Waals surface area contributed by atoms with Crippen LogP contribution in [0.2, 0.25) is 5.02 Å². The number of piperidine rings is 1. The van der Waals surface area contributed by atoms with Crippen molar-refractivity contribution in [3.8, 4) is 5.88 Å². The third-order valence-corrected chi connectivity index (χ3v) is 4.23. The van der Waals surface area contributed by atoms with Gasteiger partial charge in [-0.05, 0) is 44.5 Å². The molecule has 1 aromatic heterocycles. The fourth-order valence-corrected chi connectivity index (χ4v) is 2.99. The first kappa shape index (κ1) is 17.8. The van der Waals surface area contributed by atoms with Gasteiger partial charge in [0.25, 0.3) is 0 Å². The van der Waals surface area contributed by atoms with Crippen molar-refractivity contribution < 1.29 is 9.53 Å². The van der Waals surface area contributed by atoms with Crippen molar-refractivity contribution in [2.45, 2.75) is 12.8 Å². The van der Waals surface area contributed by atoms with E-state index in [4.69, 9.17) is 16.3 Å². The molecule has 6 nitrogen and oxygen atoms in total. The highest BCUT2D eigenvalue weighted by Crippen LogP contribution is 2.19. The van der Waals surface area contributed by atoms with E-state index in [0.717, 1.165) is 19.6 Å². The molecule has 1 aliphatic heterocycles. The summed E-state index contributed by atoms with van der Waals surface area (Å²) < 4.78 is 5.45. The number of nitrogens with one attached hydrogen (secondary N) is 1. The van der Waals surface area contributed by atoms with Crippen molar-refractivity contribution in [3.05, 3.63) is 23.4 Å². The molecule has 1 aromatic rings. The van der Waals surface area contributed by atoms with Gasteiger partial charge in [-0.2, -0.15) is 0 Å². The second-order valence-corrected chi connectivity index (χ2v) is 6.43. The van der Waals surface area contributed by atoms with Crippen LogP contribution in [0.15, 0.2) is 18.3 Å². The average molecular weight is 341 g/mol. The second-order valence-electron chi connectivity index (χ2n) is 6.02. The third kappa shape index (κ3) is 5.88. The van der Waals surface area contributed by atoms with Gasteiger partial charge in [0.2, 0.25) is 5.88 Å². The van der Waals surface area contributed by atoms with Crippen LogP contribution in [0.1, 0.15) is 12.8 Å². The van der Waals surface area contributed by atoms with Gasteiger partial charge in [0.05, 0.1) is 6.54 Å². The summed E-state index contributed by atoms with van der Waals surface area (Å²) in [5.74, 6) is 0.940. The van der Waals surface area contributed by atoms with E-state index in [1.165, 1.54) is 12.8 Å². The zero-order valence-electron chi connectivity index (χ0n) is 13.8. The van der Waals surface area contributed by atoms with Gasteiger partial charge in [0, 0.05) is 26.3 Å². The van der Waals surface area contributed by atoms with E-state index in [1.807, 2.05) is 7.05 Å². The number of halogens is 1. The number of likely N-dealkylation sites (tertiary alicyclic amines) is 1. The average Bonchev–Trinajstić information content (AvgIpc) is 2.53. The number of amides is 2. The lowest BCUT2D eigenvalue weighted by atomic mass is 9.98. The molecule has 0 aromatic carbocycles. The van der Waals surface area contributed by atoms with Gasteiger partial charge in [-0.1, -0.05) is 11.6 Å². The third-order valence-electron chi connectivity index (χ3n) is 3.94.